The van der Waals surface area contributed by atoms with E-state index in [-0.39, 0.29) is 10.1 Å². The van der Waals surface area contributed by atoms with Crippen molar-refractivity contribution >= 4 is 54.0 Å². The zero-order chi connectivity index (χ0) is 17.5. The van der Waals surface area contributed by atoms with Crippen molar-refractivity contribution in [3.63, 3.8) is 0 Å². The summed E-state index contributed by atoms with van der Waals surface area (Å²) in [6.45, 7) is 0. The minimum atomic E-state index is -3.83. The molecule has 3 rings (SSSR count). The van der Waals surface area contributed by atoms with Crippen LogP contribution in [0.4, 0.5) is 5.69 Å². The third-order valence-corrected chi connectivity index (χ3v) is 5.57. The van der Waals surface area contributed by atoms with Crippen molar-refractivity contribution < 1.29 is 17.2 Å². The Bertz CT molecular complexity index is 1120. The van der Waals surface area contributed by atoms with Gasteiger partial charge >= 0.3 is 0 Å². The second-order valence-corrected chi connectivity index (χ2v) is 8.76. The van der Waals surface area contributed by atoms with Crippen LogP contribution in [-0.4, -0.2) is 33.0 Å². The van der Waals surface area contributed by atoms with Gasteiger partial charge in [0.05, 0.1) is 15.9 Å². The summed E-state index contributed by atoms with van der Waals surface area (Å²) in [6, 6.07) is 10.3. The van der Waals surface area contributed by atoms with E-state index in [1.165, 1.54) is 30.3 Å². The summed E-state index contributed by atoms with van der Waals surface area (Å²) in [5, 5.41) is 0.280. The average Bonchev–Trinajstić information content (AvgIpc) is 2.92. The first-order chi connectivity index (χ1) is 11.1. The lowest BCUT2D eigenvalue weighted by Crippen LogP contribution is -2.12. The van der Waals surface area contributed by atoms with E-state index in [9.17, 15) is 17.2 Å². The topological polar surface area (TPSA) is 112 Å². The molecule has 0 saturated heterocycles. The van der Waals surface area contributed by atoms with Crippen molar-refractivity contribution in [1.29, 1.82) is 0 Å². The number of hydrogen-bond acceptors (Lipinski definition) is 4. The monoisotopic (exact) mass is 385 g/mol. The van der Waals surface area contributed by atoms with Gasteiger partial charge in [-0.2, -0.15) is 0 Å². The van der Waals surface area contributed by atoms with Crippen LogP contribution >= 0.6 is 11.6 Å². The summed E-state index contributed by atoms with van der Waals surface area (Å²) in [4.78, 5) is 6.52. The van der Waals surface area contributed by atoms with Crippen LogP contribution in [0.2, 0.25) is 5.02 Å². The highest BCUT2D eigenvalue weighted by Gasteiger charge is 2.17. The van der Waals surface area contributed by atoms with Gasteiger partial charge in [-0.3, -0.25) is 4.72 Å². The van der Waals surface area contributed by atoms with Crippen molar-refractivity contribution in [2.24, 2.45) is 0 Å². The van der Waals surface area contributed by atoms with Crippen LogP contribution in [0.15, 0.2) is 52.5 Å². The third-order valence-electron chi connectivity index (χ3n) is 3.14. The van der Waals surface area contributed by atoms with Gasteiger partial charge in [0.2, 0.25) is 5.16 Å². The summed E-state index contributed by atoms with van der Waals surface area (Å²) in [5.41, 5.74) is 1.04. The smallest absolute Gasteiger partial charge is 0.261 e. The molecule has 1 aromatic heterocycles. The number of nitrogens with zero attached hydrogens (tertiary/aromatic N) is 1. The molecule has 126 valence electrons. The first-order valence-corrected chi connectivity index (χ1v) is 10.1. The number of nitrogens with one attached hydrogen (secondary N) is 2. The van der Waals surface area contributed by atoms with Gasteiger partial charge in [0.1, 0.15) is 9.80 Å². The molecule has 7 nitrogen and oxygen atoms in total. The highest BCUT2D eigenvalue weighted by Crippen LogP contribution is 2.22. The molecule has 0 bridgehead atoms. The van der Waals surface area contributed by atoms with E-state index in [2.05, 4.69) is 20.6 Å². The number of aromatic nitrogens is 2. The number of aromatic amines is 1. The van der Waals surface area contributed by atoms with E-state index in [1.807, 2.05) is 0 Å². The molecule has 3 aromatic rings. The Kier molecular flexibility index (Phi) is 4.04. The first-order valence-electron chi connectivity index (χ1n) is 6.53. The molecule has 2 aromatic carbocycles. The molecule has 1 heterocycles. The van der Waals surface area contributed by atoms with Gasteiger partial charge in [0.25, 0.3) is 10.0 Å². The van der Waals surface area contributed by atoms with E-state index in [0.717, 1.165) is 0 Å². The van der Waals surface area contributed by atoms with Crippen molar-refractivity contribution in [2.45, 2.75) is 10.1 Å². The SMILES string of the molecule is C=S(=O)(O)c1nc2ccc(S(=O)(=O)Nc3ccc(Cl)cc3)cc2[nH]1. The van der Waals surface area contributed by atoms with Gasteiger partial charge in [-0.1, -0.05) is 11.6 Å². The number of anilines is 1. The van der Waals surface area contributed by atoms with E-state index in [0.29, 0.717) is 21.7 Å². The number of imidazole rings is 1. The van der Waals surface area contributed by atoms with Gasteiger partial charge < -0.3 is 9.54 Å². The highest BCUT2D eigenvalue weighted by atomic mass is 35.5. The van der Waals surface area contributed by atoms with Crippen molar-refractivity contribution in [3.8, 4) is 0 Å². The van der Waals surface area contributed by atoms with Crippen molar-refractivity contribution in [1.82, 2.24) is 9.97 Å². The zero-order valence-corrected chi connectivity index (χ0v) is 14.5. The Morgan fingerprint density at radius 1 is 1.12 bits per heavy atom. The van der Waals surface area contributed by atoms with Crippen LogP contribution in [0.5, 0.6) is 0 Å². The lowest BCUT2D eigenvalue weighted by atomic mass is 10.3. The lowest BCUT2D eigenvalue weighted by Gasteiger charge is -2.08. The van der Waals surface area contributed by atoms with Crippen LogP contribution in [0.1, 0.15) is 0 Å². The second kappa shape index (κ2) is 5.78. The third kappa shape index (κ3) is 3.39. The normalized spacial score (nSPS) is 14.4. The standard InChI is InChI=1S/C14H12ClN3O4S2/c1-23(19,20)14-16-12-7-6-11(8-13(12)17-14)24(21,22)18-10-4-2-9(15)3-5-10/h2-8,18H,1H2,(H,16,17)(H,19,20). The summed E-state index contributed by atoms with van der Waals surface area (Å²) in [6.07, 6.45) is 0. The minimum Gasteiger partial charge on any atom is -0.329 e. The number of hydrogen-bond donors (Lipinski definition) is 3. The van der Waals surface area contributed by atoms with Crippen LogP contribution in [0.3, 0.4) is 0 Å². The summed E-state index contributed by atoms with van der Waals surface area (Å²) >= 11 is 5.77. The van der Waals surface area contributed by atoms with Gasteiger partial charge in [-0.15, -0.1) is 0 Å². The molecule has 1 unspecified atom stereocenters. The molecule has 24 heavy (non-hydrogen) atoms. The van der Waals surface area contributed by atoms with Crippen LogP contribution < -0.4 is 4.72 Å². The van der Waals surface area contributed by atoms with Gasteiger partial charge in [0, 0.05) is 10.7 Å². The number of rotatable bonds is 4. The maximum absolute atomic E-state index is 12.4. The molecular weight excluding hydrogens is 374 g/mol. The highest BCUT2D eigenvalue weighted by molar-refractivity contribution is 7.95. The molecule has 0 aliphatic rings. The largest absolute Gasteiger partial charge is 0.329 e. The Balaban J connectivity index is 2.00. The Hall–Kier alpha value is -2.07. The number of halogens is 1. The molecule has 1 atom stereocenters. The summed E-state index contributed by atoms with van der Waals surface area (Å²) in [7, 11) is -7.34. The zero-order valence-electron chi connectivity index (χ0n) is 12.1. The maximum Gasteiger partial charge on any atom is 0.261 e. The van der Waals surface area contributed by atoms with Gasteiger partial charge in [-0.25, -0.2) is 17.6 Å². The summed E-state index contributed by atoms with van der Waals surface area (Å²) < 4.78 is 48.2. The van der Waals surface area contributed by atoms with E-state index < -0.39 is 19.8 Å². The molecule has 0 amide bonds. The van der Waals surface area contributed by atoms with Crippen molar-refractivity contribution in [2.75, 3.05) is 4.72 Å². The van der Waals surface area contributed by atoms with Crippen molar-refractivity contribution in [3.05, 3.63) is 47.5 Å². The Morgan fingerprint density at radius 2 is 1.79 bits per heavy atom. The van der Waals surface area contributed by atoms with Gasteiger partial charge in [-0.05, 0) is 48.3 Å². The second-order valence-electron chi connectivity index (χ2n) is 4.97. The predicted molar refractivity (Wildman–Crippen MR) is 94.5 cm³/mol. The molecule has 3 N–H and O–H groups in total. The molecule has 10 heteroatoms. The average molecular weight is 386 g/mol. The van der Waals surface area contributed by atoms with Crippen LogP contribution in [-0.2, 0) is 19.8 Å². The molecule has 0 aliphatic heterocycles. The van der Waals surface area contributed by atoms with E-state index >= 15 is 0 Å². The molecule has 0 fully saturated rings. The van der Waals surface area contributed by atoms with Gasteiger partial charge in [0.15, 0.2) is 0 Å². The Morgan fingerprint density at radius 3 is 2.42 bits per heavy atom. The minimum absolute atomic E-state index is 0.0198. The molecule has 0 saturated carbocycles. The molecule has 0 spiro atoms. The fourth-order valence-electron chi connectivity index (χ4n) is 2.02. The number of H-pyrrole nitrogens is 1. The Labute approximate surface area is 143 Å². The fourth-order valence-corrected chi connectivity index (χ4v) is 3.74. The van der Waals surface area contributed by atoms with Crippen LogP contribution in [0, 0.1) is 0 Å². The quantitative estimate of drug-likeness (QED) is 0.597. The number of sulfonamides is 1. The maximum atomic E-state index is 12.4. The predicted octanol–water partition coefficient (Wildman–Crippen LogP) is 2.57. The number of fused-ring (bicyclic) bond motifs is 1. The van der Waals surface area contributed by atoms with Crippen LogP contribution in [0.25, 0.3) is 11.0 Å². The first kappa shape index (κ1) is 16.8. The molecule has 0 aliphatic carbocycles. The van der Waals surface area contributed by atoms with E-state index in [1.54, 1.807) is 12.1 Å². The lowest BCUT2D eigenvalue weighted by molar-refractivity contribution is 0.553. The fraction of sp³-hybridized carbons (Fsp3) is 0. The molecule has 0 radical (unpaired) electrons. The molecular formula is C14H12ClN3O4S2. The van der Waals surface area contributed by atoms with E-state index in [4.69, 9.17) is 11.6 Å². The number of benzene rings is 2. The summed E-state index contributed by atoms with van der Waals surface area (Å²) in [5.74, 6) is 3.12.